The fourth-order valence-electron chi connectivity index (χ4n) is 2.20. The molecule has 2 rings (SSSR count). The molecule has 0 amide bonds. The van der Waals surface area contributed by atoms with Crippen LogP contribution >= 0.6 is 0 Å². The Balaban J connectivity index is 2.26. The van der Waals surface area contributed by atoms with E-state index in [0.29, 0.717) is 23.6 Å². The highest BCUT2D eigenvalue weighted by molar-refractivity contribution is 5.86. The molecule has 0 aliphatic rings. The van der Waals surface area contributed by atoms with Crippen molar-refractivity contribution in [1.82, 2.24) is 0 Å². The highest BCUT2D eigenvalue weighted by atomic mass is 16.6. The summed E-state index contributed by atoms with van der Waals surface area (Å²) in [5.74, 6) is 0.507. The topological polar surface area (TPSA) is 129 Å². The van der Waals surface area contributed by atoms with Crippen LogP contribution in [0.15, 0.2) is 41.5 Å². The lowest BCUT2D eigenvalue weighted by Crippen LogP contribution is -2.03. The number of hydrogen-bond donors (Lipinski definition) is 1. The number of nitro benzene ring substituents is 2. The predicted molar refractivity (Wildman–Crippen MR) is 99.7 cm³/mol. The Hall–Kier alpha value is -3.69. The van der Waals surface area contributed by atoms with Crippen molar-refractivity contribution >= 4 is 23.3 Å². The van der Waals surface area contributed by atoms with Gasteiger partial charge in [-0.3, -0.25) is 25.7 Å². The first-order valence-corrected chi connectivity index (χ1v) is 8.07. The Morgan fingerprint density at radius 1 is 1.00 bits per heavy atom. The molecule has 2 aromatic carbocycles. The zero-order valence-electron chi connectivity index (χ0n) is 14.7. The van der Waals surface area contributed by atoms with E-state index in [1.165, 1.54) is 42.6 Å². The van der Waals surface area contributed by atoms with Crippen LogP contribution in [-0.4, -0.2) is 29.3 Å². The summed E-state index contributed by atoms with van der Waals surface area (Å²) in [5, 5.41) is 25.9. The molecule has 142 valence electrons. The van der Waals surface area contributed by atoms with E-state index in [1.807, 2.05) is 0 Å². The number of hydrazone groups is 1. The van der Waals surface area contributed by atoms with Crippen LogP contribution in [-0.2, 0) is 0 Å². The third-order valence-corrected chi connectivity index (χ3v) is 3.36. The summed E-state index contributed by atoms with van der Waals surface area (Å²) in [6.07, 6.45) is 1.37. The number of nitrogens with one attached hydrogen (secondary N) is 1. The average molecular weight is 374 g/mol. The van der Waals surface area contributed by atoms with Crippen LogP contribution < -0.4 is 14.9 Å². The Morgan fingerprint density at radius 2 is 1.63 bits per heavy atom. The maximum Gasteiger partial charge on any atom is 0.311 e. The fraction of sp³-hybridized carbons (Fsp3) is 0.235. The largest absolute Gasteiger partial charge is 0.493 e. The number of rotatable bonds is 9. The number of hydrogen-bond acceptors (Lipinski definition) is 8. The molecule has 0 saturated carbocycles. The third kappa shape index (κ3) is 5.14. The summed E-state index contributed by atoms with van der Waals surface area (Å²) in [4.78, 5) is 20.9. The molecule has 0 aromatic heterocycles. The van der Waals surface area contributed by atoms with Crippen molar-refractivity contribution in [2.75, 3.05) is 18.6 Å². The van der Waals surface area contributed by atoms with Gasteiger partial charge in [0.25, 0.3) is 5.69 Å². The number of anilines is 1. The van der Waals surface area contributed by atoms with Crippen LogP contribution in [0.2, 0.25) is 0 Å². The highest BCUT2D eigenvalue weighted by Gasteiger charge is 2.19. The molecular weight excluding hydrogens is 356 g/mol. The molecule has 1 N–H and O–H groups in total. The Bertz CT molecular complexity index is 851. The third-order valence-electron chi connectivity index (χ3n) is 3.36. The summed E-state index contributed by atoms with van der Waals surface area (Å²) in [6, 6.07) is 8.45. The first-order valence-electron chi connectivity index (χ1n) is 8.07. The van der Waals surface area contributed by atoms with E-state index in [-0.39, 0.29) is 23.7 Å². The predicted octanol–water partition coefficient (Wildman–Crippen LogP) is 3.75. The lowest BCUT2D eigenvalue weighted by atomic mass is 10.1. The smallest absolute Gasteiger partial charge is 0.311 e. The van der Waals surface area contributed by atoms with E-state index in [9.17, 15) is 20.2 Å². The Kier molecular flexibility index (Phi) is 6.64. The Labute approximate surface area is 154 Å². The van der Waals surface area contributed by atoms with Gasteiger partial charge < -0.3 is 9.47 Å². The van der Waals surface area contributed by atoms with Crippen LogP contribution in [0.25, 0.3) is 0 Å². The first-order chi connectivity index (χ1) is 13.0. The summed E-state index contributed by atoms with van der Waals surface area (Å²) in [6.45, 7) is 4.16. The maximum absolute atomic E-state index is 11.3. The normalized spacial score (nSPS) is 10.6. The number of benzene rings is 2. The van der Waals surface area contributed by atoms with Gasteiger partial charge in [0.15, 0.2) is 0 Å². The molecule has 0 heterocycles. The van der Waals surface area contributed by atoms with Crippen LogP contribution in [0.1, 0.15) is 19.4 Å². The average Bonchev–Trinajstić information content (AvgIpc) is 2.64. The van der Waals surface area contributed by atoms with Crippen molar-refractivity contribution in [2.45, 2.75) is 13.8 Å². The molecule has 27 heavy (non-hydrogen) atoms. The first kappa shape index (κ1) is 19.6. The molecule has 0 fully saturated rings. The second-order valence-electron chi connectivity index (χ2n) is 5.15. The van der Waals surface area contributed by atoms with E-state index in [2.05, 4.69) is 10.5 Å². The van der Waals surface area contributed by atoms with Gasteiger partial charge >= 0.3 is 5.69 Å². The summed E-state index contributed by atoms with van der Waals surface area (Å²) >= 11 is 0. The molecule has 10 heteroatoms. The quantitative estimate of drug-likeness (QED) is 0.402. The SMILES string of the molecule is CCOc1cc(OCC)c([N+](=O)[O-])cc1/C=N/Nc1ccc([N+](=O)[O-])cc1. The lowest BCUT2D eigenvalue weighted by molar-refractivity contribution is -0.385. The molecule has 0 unspecified atom stereocenters. The van der Waals surface area contributed by atoms with Gasteiger partial charge in [-0.15, -0.1) is 0 Å². The standard InChI is InChI=1S/C17H18N4O6/c1-3-26-16-10-17(27-4-2)15(21(24)25)9-12(16)11-18-19-13-5-7-14(8-6-13)20(22)23/h5-11,19H,3-4H2,1-2H3/b18-11+. The van der Waals surface area contributed by atoms with Gasteiger partial charge in [0.05, 0.1) is 35.0 Å². The molecule has 0 radical (unpaired) electrons. The number of nitro groups is 2. The van der Waals surface area contributed by atoms with Crippen molar-refractivity contribution in [2.24, 2.45) is 5.10 Å². The van der Waals surface area contributed by atoms with E-state index in [4.69, 9.17) is 9.47 Å². The molecule has 0 aliphatic heterocycles. The molecule has 10 nitrogen and oxygen atoms in total. The van der Waals surface area contributed by atoms with Crippen molar-refractivity contribution in [3.8, 4) is 11.5 Å². The second-order valence-corrected chi connectivity index (χ2v) is 5.15. The van der Waals surface area contributed by atoms with Crippen LogP contribution in [0, 0.1) is 20.2 Å². The minimum absolute atomic E-state index is 0.0368. The van der Waals surface area contributed by atoms with E-state index in [0.717, 1.165) is 0 Å². The summed E-state index contributed by atoms with van der Waals surface area (Å²) in [7, 11) is 0. The fourth-order valence-corrected chi connectivity index (χ4v) is 2.20. The van der Waals surface area contributed by atoms with Crippen LogP contribution in [0.4, 0.5) is 17.1 Å². The zero-order valence-corrected chi connectivity index (χ0v) is 14.7. The van der Waals surface area contributed by atoms with Gasteiger partial charge in [-0.1, -0.05) is 0 Å². The molecular formula is C17H18N4O6. The summed E-state index contributed by atoms with van der Waals surface area (Å²) < 4.78 is 10.8. The molecule has 0 atom stereocenters. The number of non-ortho nitro benzene ring substituents is 1. The van der Waals surface area contributed by atoms with Crippen molar-refractivity contribution < 1.29 is 19.3 Å². The van der Waals surface area contributed by atoms with Crippen molar-refractivity contribution in [3.63, 3.8) is 0 Å². The van der Waals surface area contributed by atoms with Crippen LogP contribution in [0.5, 0.6) is 11.5 Å². The number of nitrogens with zero attached hydrogens (tertiary/aromatic N) is 3. The lowest BCUT2D eigenvalue weighted by Gasteiger charge is -2.11. The van der Waals surface area contributed by atoms with Gasteiger partial charge in [0, 0.05) is 29.8 Å². The maximum atomic E-state index is 11.3. The zero-order chi connectivity index (χ0) is 19.8. The van der Waals surface area contributed by atoms with E-state index in [1.54, 1.807) is 13.8 Å². The van der Waals surface area contributed by atoms with Gasteiger partial charge in [-0.2, -0.15) is 5.10 Å². The Morgan fingerprint density at radius 3 is 2.19 bits per heavy atom. The van der Waals surface area contributed by atoms with Gasteiger partial charge in [0.1, 0.15) is 5.75 Å². The molecule has 0 spiro atoms. The van der Waals surface area contributed by atoms with Crippen molar-refractivity contribution in [1.29, 1.82) is 0 Å². The molecule has 0 aliphatic carbocycles. The molecule has 0 bridgehead atoms. The molecule has 2 aromatic rings. The van der Waals surface area contributed by atoms with Crippen molar-refractivity contribution in [3.05, 3.63) is 62.2 Å². The monoisotopic (exact) mass is 374 g/mol. The van der Waals surface area contributed by atoms with E-state index >= 15 is 0 Å². The number of ether oxygens (including phenoxy) is 2. The highest BCUT2D eigenvalue weighted by Crippen LogP contribution is 2.34. The van der Waals surface area contributed by atoms with Crippen LogP contribution in [0.3, 0.4) is 0 Å². The van der Waals surface area contributed by atoms with Gasteiger partial charge in [0.2, 0.25) is 5.75 Å². The van der Waals surface area contributed by atoms with Gasteiger partial charge in [-0.05, 0) is 26.0 Å². The van der Waals surface area contributed by atoms with Gasteiger partial charge in [-0.25, -0.2) is 0 Å². The second kappa shape index (κ2) is 9.13. The minimum Gasteiger partial charge on any atom is -0.493 e. The molecule has 0 saturated heterocycles. The van der Waals surface area contributed by atoms with E-state index < -0.39 is 9.85 Å². The summed E-state index contributed by atoms with van der Waals surface area (Å²) in [5.41, 5.74) is 3.39. The minimum atomic E-state index is -0.540.